The Morgan fingerprint density at radius 1 is 1.29 bits per heavy atom. The van der Waals surface area contributed by atoms with Gasteiger partial charge >= 0.3 is 5.91 Å². The maximum absolute atomic E-state index is 12.1. The summed E-state index contributed by atoms with van der Waals surface area (Å²) in [4.78, 5) is 36.8. The number of benzene rings is 1. The number of ether oxygens (including phenoxy) is 1. The van der Waals surface area contributed by atoms with E-state index in [9.17, 15) is 19.7 Å². The normalized spacial score (nSPS) is 19.0. The lowest BCUT2D eigenvalue weighted by atomic mass is 10.1. The number of carbonyl (C=O) groups excluding carboxylic acids is 2. The highest BCUT2D eigenvalue weighted by atomic mass is 16.6. The molecular formula is C13H14N3O5+. The largest absolute Gasteiger partial charge is 0.370 e. The number of hydrogen-bond donors (Lipinski definition) is 1. The van der Waals surface area contributed by atoms with Crippen LogP contribution in [0.1, 0.15) is 10.4 Å². The summed E-state index contributed by atoms with van der Waals surface area (Å²) in [6.07, 6.45) is 0. The average Bonchev–Trinajstić information content (AvgIpc) is 2.73. The summed E-state index contributed by atoms with van der Waals surface area (Å²) >= 11 is 0. The first-order valence-corrected chi connectivity index (χ1v) is 6.64. The molecular weight excluding hydrogens is 278 g/mol. The Morgan fingerprint density at radius 2 is 2.00 bits per heavy atom. The van der Waals surface area contributed by atoms with Crippen molar-refractivity contribution in [3.05, 3.63) is 33.9 Å². The molecule has 0 aliphatic carbocycles. The quantitative estimate of drug-likeness (QED) is 0.438. The first-order valence-electron chi connectivity index (χ1n) is 6.64. The number of Topliss-reactive ketones (excluding diaryl/α,β-unsaturated/α-hetero) is 1. The Bertz CT molecular complexity index is 624. The fraction of sp³-hybridized carbons (Fsp3) is 0.385. The second-order valence-electron chi connectivity index (χ2n) is 5.04. The van der Waals surface area contributed by atoms with E-state index >= 15 is 0 Å². The molecule has 2 aliphatic heterocycles. The molecule has 21 heavy (non-hydrogen) atoms. The van der Waals surface area contributed by atoms with E-state index in [1.807, 2.05) is 0 Å². The van der Waals surface area contributed by atoms with Crippen LogP contribution in [-0.4, -0.2) is 49.6 Å². The smallest absolute Gasteiger partial charge is 0.303 e. The first-order chi connectivity index (χ1) is 10.1. The number of non-ortho nitro benzene ring substituents is 1. The maximum Gasteiger partial charge on any atom is 0.303 e. The number of nitrogens with zero attached hydrogens (tertiary/aromatic N) is 2. The van der Waals surface area contributed by atoms with Crippen molar-refractivity contribution in [2.75, 3.05) is 37.9 Å². The number of nitrogens with one attached hydrogen (secondary N) is 1. The number of hydrogen-bond acceptors (Lipinski definition) is 5. The number of amides is 1. The van der Waals surface area contributed by atoms with E-state index in [0.29, 0.717) is 25.6 Å². The fourth-order valence-corrected chi connectivity index (χ4v) is 2.60. The van der Waals surface area contributed by atoms with Crippen molar-refractivity contribution < 1.29 is 24.1 Å². The van der Waals surface area contributed by atoms with E-state index in [2.05, 4.69) is 0 Å². The topological polar surface area (TPSA) is 94.2 Å². The number of morpholine rings is 1. The molecule has 110 valence electrons. The molecule has 8 nitrogen and oxygen atoms in total. The molecule has 3 rings (SSSR count). The SMILES string of the molecule is O=C1C(=O)N(C[NH+]2CCOCC2)c2ccc([N+](=O)[O-])cc21. The number of nitro groups is 1. The highest BCUT2D eigenvalue weighted by molar-refractivity contribution is 6.52. The Morgan fingerprint density at radius 3 is 2.67 bits per heavy atom. The fourth-order valence-electron chi connectivity index (χ4n) is 2.60. The van der Waals surface area contributed by atoms with Gasteiger partial charge in [0.1, 0.15) is 13.1 Å². The monoisotopic (exact) mass is 292 g/mol. The van der Waals surface area contributed by atoms with Crippen LogP contribution in [0, 0.1) is 10.1 Å². The van der Waals surface area contributed by atoms with Crippen LogP contribution in [0.3, 0.4) is 0 Å². The van der Waals surface area contributed by atoms with Crippen LogP contribution >= 0.6 is 0 Å². The van der Waals surface area contributed by atoms with Gasteiger partial charge in [0, 0.05) is 12.1 Å². The molecule has 1 saturated heterocycles. The minimum absolute atomic E-state index is 0.113. The van der Waals surface area contributed by atoms with Gasteiger partial charge in [0.05, 0.1) is 29.4 Å². The molecule has 0 aromatic heterocycles. The van der Waals surface area contributed by atoms with Crippen LogP contribution in [0.25, 0.3) is 0 Å². The van der Waals surface area contributed by atoms with Gasteiger partial charge in [0.2, 0.25) is 0 Å². The van der Waals surface area contributed by atoms with Crippen molar-refractivity contribution >= 4 is 23.1 Å². The summed E-state index contributed by atoms with van der Waals surface area (Å²) < 4.78 is 5.26. The second kappa shape index (κ2) is 5.23. The van der Waals surface area contributed by atoms with Gasteiger partial charge in [0.25, 0.3) is 11.5 Å². The summed E-state index contributed by atoms with van der Waals surface area (Å²) in [7, 11) is 0. The van der Waals surface area contributed by atoms with Crippen molar-refractivity contribution in [1.82, 2.24) is 0 Å². The molecule has 0 atom stereocenters. The van der Waals surface area contributed by atoms with Gasteiger partial charge < -0.3 is 9.64 Å². The number of ketones is 1. The molecule has 2 aliphatic rings. The van der Waals surface area contributed by atoms with Gasteiger partial charge in [-0.2, -0.15) is 0 Å². The number of quaternary nitrogens is 1. The summed E-state index contributed by atoms with van der Waals surface area (Å²) in [5.74, 6) is -1.30. The molecule has 1 aromatic carbocycles. The minimum atomic E-state index is -0.679. The number of fused-ring (bicyclic) bond motifs is 1. The minimum Gasteiger partial charge on any atom is -0.370 e. The zero-order chi connectivity index (χ0) is 15.0. The van der Waals surface area contributed by atoms with Crippen molar-refractivity contribution in [3.8, 4) is 0 Å². The molecule has 0 radical (unpaired) electrons. The molecule has 1 amide bonds. The lowest BCUT2D eigenvalue weighted by Crippen LogP contribution is -3.15. The van der Waals surface area contributed by atoms with Gasteiger partial charge in [-0.25, -0.2) is 0 Å². The summed E-state index contributed by atoms with van der Waals surface area (Å²) in [6.45, 7) is 3.15. The molecule has 0 bridgehead atoms. The van der Waals surface area contributed by atoms with Crippen molar-refractivity contribution in [2.24, 2.45) is 0 Å². The lowest BCUT2D eigenvalue weighted by molar-refractivity contribution is -0.906. The van der Waals surface area contributed by atoms with E-state index < -0.39 is 16.6 Å². The lowest BCUT2D eigenvalue weighted by Gasteiger charge is -2.27. The predicted molar refractivity (Wildman–Crippen MR) is 71.3 cm³/mol. The third kappa shape index (κ3) is 2.39. The zero-order valence-corrected chi connectivity index (χ0v) is 11.2. The molecule has 0 saturated carbocycles. The zero-order valence-electron chi connectivity index (χ0n) is 11.2. The van der Waals surface area contributed by atoms with E-state index in [1.54, 1.807) is 0 Å². The molecule has 0 spiro atoms. The Hall–Kier alpha value is -2.32. The van der Waals surface area contributed by atoms with E-state index in [1.165, 1.54) is 23.1 Å². The van der Waals surface area contributed by atoms with Crippen LogP contribution in [-0.2, 0) is 9.53 Å². The summed E-state index contributed by atoms with van der Waals surface area (Å²) in [5, 5.41) is 10.8. The number of rotatable bonds is 3. The Kier molecular flexibility index (Phi) is 3.40. The van der Waals surface area contributed by atoms with Gasteiger partial charge in [-0.15, -0.1) is 0 Å². The van der Waals surface area contributed by atoms with Crippen molar-refractivity contribution in [2.45, 2.75) is 0 Å². The standard InChI is InChI=1S/C13H13N3O5/c17-12-10-7-9(16(19)20)1-2-11(10)15(13(12)18)8-14-3-5-21-6-4-14/h1-2,7H,3-6,8H2/p+1. The Balaban J connectivity index is 1.88. The van der Waals surface area contributed by atoms with E-state index in [0.717, 1.165) is 18.0 Å². The third-order valence-corrected chi connectivity index (χ3v) is 3.75. The maximum atomic E-state index is 12.1. The molecule has 2 heterocycles. The van der Waals surface area contributed by atoms with Crippen LogP contribution in [0.4, 0.5) is 11.4 Å². The van der Waals surface area contributed by atoms with Crippen LogP contribution in [0.5, 0.6) is 0 Å². The Labute approximate surface area is 120 Å². The molecule has 0 unspecified atom stereocenters. The number of carbonyl (C=O) groups is 2. The first kappa shape index (κ1) is 13.7. The number of anilines is 1. The molecule has 8 heteroatoms. The molecule has 1 N–H and O–H groups in total. The molecule has 1 aromatic rings. The van der Waals surface area contributed by atoms with Crippen LogP contribution in [0.2, 0.25) is 0 Å². The summed E-state index contributed by atoms with van der Waals surface area (Å²) in [6, 6.07) is 3.95. The third-order valence-electron chi connectivity index (χ3n) is 3.75. The van der Waals surface area contributed by atoms with E-state index in [4.69, 9.17) is 4.74 Å². The van der Waals surface area contributed by atoms with Gasteiger partial charge in [-0.3, -0.25) is 24.6 Å². The second-order valence-corrected chi connectivity index (χ2v) is 5.04. The van der Waals surface area contributed by atoms with Crippen molar-refractivity contribution in [3.63, 3.8) is 0 Å². The van der Waals surface area contributed by atoms with Gasteiger partial charge in [-0.05, 0) is 6.07 Å². The van der Waals surface area contributed by atoms with Gasteiger partial charge in [0.15, 0.2) is 6.67 Å². The molecule has 1 fully saturated rings. The predicted octanol–water partition coefficient (Wildman–Crippen LogP) is -1.00. The van der Waals surface area contributed by atoms with Crippen molar-refractivity contribution in [1.29, 1.82) is 0 Å². The highest BCUT2D eigenvalue weighted by Crippen LogP contribution is 2.31. The van der Waals surface area contributed by atoms with E-state index in [-0.39, 0.29) is 11.3 Å². The van der Waals surface area contributed by atoms with Crippen LogP contribution in [0.15, 0.2) is 18.2 Å². The average molecular weight is 292 g/mol. The summed E-state index contributed by atoms with van der Waals surface area (Å²) in [5.41, 5.74) is 0.381. The number of nitro benzene ring substituents is 1. The van der Waals surface area contributed by atoms with Crippen LogP contribution < -0.4 is 9.80 Å². The highest BCUT2D eigenvalue weighted by Gasteiger charge is 2.39. The van der Waals surface area contributed by atoms with Gasteiger partial charge in [-0.1, -0.05) is 0 Å².